The van der Waals surface area contributed by atoms with Gasteiger partial charge in [-0.2, -0.15) is 0 Å². The first-order chi connectivity index (χ1) is 13.6. The average molecular weight is 422 g/mol. The first-order valence-electron chi connectivity index (χ1n) is 9.22. The van der Waals surface area contributed by atoms with Crippen LogP contribution >= 0.6 is 12.4 Å². The van der Waals surface area contributed by atoms with Gasteiger partial charge in [0, 0.05) is 17.8 Å². The molecular weight excluding hydrogens is 394 g/mol. The lowest BCUT2D eigenvalue weighted by atomic mass is 9.93. The number of fused-ring (bicyclic) bond motifs is 1. The second-order valence-electron chi connectivity index (χ2n) is 6.48. The number of rotatable bonds is 8. The normalized spacial score (nSPS) is 12.2. The number of methoxy groups -OCH3 is 5. The SMILES string of the molecule is COc1cc2c(cc1OC)C(CCc1cc(OC)c(OC)c(OC)c1)=NCC2.Cl. The molecule has 29 heavy (non-hydrogen) atoms. The van der Waals surface area contributed by atoms with Crippen molar-refractivity contribution in [3.8, 4) is 28.7 Å². The van der Waals surface area contributed by atoms with E-state index in [2.05, 4.69) is 6.07 Å². The first kappa shape index (κ1) is 22.7. The lowest BCUT2D eigenvalue weighted by Crippen LogP contribution is -2.14. The lowest BCUT2D eigenvalue weighted by Gasteiger charge is -2.20. The van der Waals surface area contributed by atoms with Crippen LogP contribution in [0.3, 0.4) is 0 Å². The molecule has 1 heterocycles. The number of hydrogen-bond acceptors (Lipinski definition) is 6. The fourth-order valence-corrected chi connectivity index (χ4v) is 3.55. The largest absolute Gasteiger partial charge is 0.493 e. The third-order valence-electron chi connectivity index (χ3n) is 4.98. The summed E-state index contributed by atoms with van der Waals surface area (Å²) in [6, 6.07) is 8.06. The lowest BCUT2D eigenvalue weighted by molar-refractivity contribution is 0.324. The Kier molecular flexibility index (Phi) is 8.02. The number of ether oxygens (including phenoxy) is 5. The van der Waals surface area contributed by atoms with Crippen molar-refractivity contribution in [1.29, 1.82) is 0 Å². The zero-order chi connectivity index (χ0) is 20.1. The molecule has 0 bridgehead atoms. The quantitative estimate of drug-likeness (QED) is 0.641. The standard InChI is InChI=1S/C22H27NO5.ClH/c1-24-18-12-15-8-9-23-17(16(15)13-19(18)25-2)7-6-14-10-20(26-3)22(28-5)21(11-14)27-4;/h10-13H,6-9H2,1-5H3;1H. The van der Waals surface area contributed by atoms with Crippen molar-refractivity contribution in [2.24, 2.45) is 4.99 Å². The van der Waals surface area contributed by atoms with Gasteiger partial charge in [-0.25, -0.2) is 0 Å². The van der Waals surface area contributed by atoms with Gasteiger partial charge in [-0.05, 0) is 54.7 Å². The maximum absolute atomic E-state index is 5.47. The molecule has 0 radical (unpaired) electrons. The molecule has 0 N–H and O–H groups in total. The summed E-state index contributed by atoms with van der Waals surface area (Å²) < 4.78 is 27.2. The van der Waals surface area contributed by atoms with Gasteiger partial charge >= 0.3 is 0 Å². The van der Waals surface area contributed by atoms with E-state index >= 15 is 0 Å². The topological polar surface area (TPSA) is 58.5 Å². The van der Waals surface area contributed by atoms with Crippen LogP contribution in [0.15, 0.2) is 29.3 Å². The van der Waals surface area contributed by atoms with Crippen molar-refractivity contribution in [3.05, 3.63) is 41.0 Å². The Labute approximate surface area is 178 Å². The molecule has 6 nitrogen and oxygen atoms in total. The second kappa shape index (κ2) is 10.3. The minimum absolute atomic E-state index is 0. The number of hydrogen-bond donors (Lipinski definition) is 0. The molecule has 2 aromatic rings. The van der Waals surface area contributed by atoms with Gasteiger partial charge in [0.25, 0.3) is 0 Å². The summed E-state index contributed by atoms with van der Waals surface area (Å²) in [5.41, 5.74) is 4.56. The molecular formula is C22H28ClNO5. The highest BCUT2D eigenvalue weighted by Gasteiger charge is 2.19. The van der Waals surface area contributed by atoms with Crippen LogP contribution in [-0.2, 0) is 12.8 Å². The number of benzene rings is 2. The Morgan fingerprint density at radius 3 is 1.86 bits per heavy atom. The predicted molar refractivity (Wildman–Crippen MR) is 116 cm³/mol. The molecule has 7 heteroatoms. The van der Waals surface area contributed by atoms with Crippen LogP contribution in [0.1, 0.15) is 23.1 Å². The smallest absolute Gasteiger partial charge is 0.203 e. The van der Waals surface area contributed by atoms with Gasteiger partial charge in [0.1, 0.15) is 0 Å². The summed E-state index contributed by atoms with van der Waals surface area (Å²) >= 11 is 0. The molecule has 1 aliphatic rings. The van der Waals surface area contributed by atoms with Crippen LogP contribution in [0.5, 0.6) is 28.7 Å². The van der Waals surface area contributed by atoms with E-state index in [1.165, 1.54) is 5.56 Å². The molecule has 0 amide bonds. The monoisotopic (exact) mass is 421 g/mol. The van der Waals surface area contributed by atoms with Crippen LogP contribution in [0.2, 0.25) is 0 Å². The highest BCUT2D eigenvalue weighted by molar-refractivity contribution is 6.03. The fourth-order valence-electron chi connectivity index (χ4n) is 3.55. The third kappa shape index (κ3) is 4.70. The summed E-state index contributed by atoms with van der Waals surface area (Å²) in [6.07, 6.45) is 2.52. The molecule has 0 unspecified atom stereocenters. The van der Waals surface area contributed by atoms with Gasteiger partial charge in [-0.1, -0.05) is 0 Å². The van der Waals surface area contributed by atoms with Gasteiger partial charge < -0.3 is 23.7 Å². The molecule has 0 saturated carbocycles. The summed E-state index contributed by atoms with van der Waals surface area (Å²) in [7, 11) is 8.17. The third-order valence-corrected chi connectivity index (χ3v) is 4.98. The fraction of sp³-hybridized carbons (Fsp3) is 0.409. The highest BCUT2D eigenvalue weighted by Crippen LogP contribution is 2.39. The minimum Gasteiger partial charge on any atom is -0.493 e. The second-order valence-corrected chi connectivity index (χ2v) is 6.48. The van der Waals surface area contributed by atoms with E-state index in [9.17, 15) is 0 Å². The molecule has 0 atom stereocenters. The van der Waals surface area contributed by atoms with Crippen molar-refractivity contribution in [1.82, 2.24) is 0 Å². The molecule has 3 rings (SSSR count). The summed E-state index contributed by atoms with van der Waals surface area (Å²) in [5, 5.41) is 0. The van der Waals surface area contributed by atoms with Crippen LogP contribution in [0.25, 0.3) is 0 Å². The van der Waals surface area contributed by atoms with Gasteiger partial charge in [0.15, 0.2) is 23.0 Å². The van der Waals surface area contributed by atoms with Crippen LogP contribution in [-0.4, -0.2) is 47.8 Å². The van der Waals surface area contributed by atoms with Crippen LogP contribution in [0.4, 0.5) is 0 Å². The van der Waals surface area contributed by atoms with Crippen LogP contribution in [0, 0.1) is 0 Å². The van der Waals surface area contributed by atoms with E-state index in [-0.39, 0.29) is 12.4 Å². The Balaban J connectivity index is 0.00000300. The molecule has 158 valence electrons. The van der Waals surface area contributed by atoms with Gasteiger partial charge in [0.05, 0.1) is 35.5 Å². The summed E-state index contributed by atoms with van der Waals surface area (Å²) in [6.45, 7) is 0.785. The maximum Gasteiger partial charge on any atom is 0.203 e. The summed E-state index contributed by atoms with van der Waals surface area (Å²) in [4.78, 5) is 4.77. The average Bonchev–Trinajstić information content (AvgIpc) is 2.75. The molecule has 0 fully saturated rings. The van der Waals surface area contributed by atoms with E-state index in [4.69, 9.17) is 28.7 Å². The molecule has 0 spiro atoms. The minimum atomic E-state index is 0. The zero-order valence-corrected chi connectivity index (χ0v) is 18.4. The maximum atomic E-state index is 5.47. The van der Waals surface area contributed by atoms with Crippen LogP contribution < -0.4 is 23.7 Å². The number of aliphatic imine (C=N–C) groups is 1. The van der Waals surface area contributed by atoms with Gasteiger partial charge in [-0.3, -0.25) is 4.99 Å². The van der Waals surface area contributed by atoms with Gasteiger partial charge in [-0.15, -0.1) is 12.4 Å². The van der Waals surface area contributed by atoms with Crippen molar-refractivity contribution < 1.29 is 23.7 Å². The predicted octanol–water partition coefficient (Wildman–Crippen LogP) is 4.13. The van der Waals surface area contributed by atoms with E-state index in [0.29, 0.717) is 17.2 Å². The van der Waals surface area contributed by atoms with Crippen molar-refractivity contribution in [3.63, 3.8) is 0 Å². The van der Waals surface area contributed by atoms with Crippen molar-refractivity contribution >= 4 is 18.1 Å². The Morgan fingerprint density at radius 2 is 1.31 bits per heavy atom. The summed E-state index contributed by atoms with van der Waals surface area (Å²) in [5.74, 6) is 3.41. The molecule has 1 aliphatic heterocycles. The van der Waals surface area contributed by atoms with E-state index in [1.54, 1.807) is 35.5 Å². The number of aryl methyl sites for hydroxylation is 1. The number of nitrogens with zero attached hydrogens (tertiary/aromatic N) is 1. The molecule has 0 saturated heterocycles. The van der Waals surface area contributed by atoms with E-state index in [0.717, 1.165) is 54.1 Å². The Hall–Kier alpha value is -2.60. The zero-order valence-electron chi connectivity index (χ0n) is 17.5. The first-order valence-corrected chi connectivity index (χ1v) is 9.22. The van der Waals surface area contributed by atoms with Crippen molar-refractivity contribution in [2.45, 2.75) is 19.3 Å². The van der Waals surface area contributed by atoms with Crippen molar-refractivity contribution in [2.75, 3.05) is 42.1 Å². The van der Waals surface area contributed by atoms with Gasteiger partial charge in [0.2, 0.25) is 5.75 Å². The molecule has 2 aromatic carbocycles. The Morgan fingerprint density at radius 1 is 0.724 bits per heavy atom. The molecule has 0 aliphatic carbocycles. The number of halogens is 1. The highest BCUT2D eigenvalue weighted by atomic mass is 35.5. The molecule has 0 aromatic heterocycles. The van der Waals surface area contributed by atoms with E-state index in [1.807, 2.05) is 18.2 Å². The van der Waals surface area contributed by atoms with E-state index < -0.39 is 0 Å². The Bertz CT molecular complexity index is 857.